The van der Waals surface area contributed by atoms with Crippen molar-refractivity contribution in [3.8, 4) is 17.3 Å². The van der Waals surface area contributed by atoms with Crippen molar-refractivity contribution in [2.75, 3.05) is 0 Å². The SMILES string of the molecule is Cl.NC1(c2noc(-c3nn(-c4ccc(F)cc4)c4c3CCC4)n2)CCC1. The van der Waals surface area contributed by atoms with Gasteiger partial charge >= 0.3 is 0 Å². The summed E-state index contributed by atoms with van der Waals surface area (Å²) >= 11 is 0. The summed E-state index contributed by atoms with van der Waals surface area (Å²) in [5, 5.41) is 8.79. The Balaban J connectivity index is 0.00000168. The van der Waals surface area contributed by atoms with Crippen molar-refractivity contribution in [3.63, 3.8) is 0 Å². The number of nitrogens with zero attached hydrogens (tertiary/aromatic N) is 4. The molecule has 6 nitrogen and oxygen atoms in total. The lowest BCUT2D eigenvalue weighted by Gasteiger charge is -2.34. The molecule has 0 spiro atoms. The first-order chi connectivity index (χ1) is 12.1. The highest BCUT2D eigenvalue weighted by Crippen LogP contribution is 2.39. The second kappa shape index (κ2) is 6.17. The molecule has 2 aliphatic carbocycles. The van der Waals surface area contributed by atoms with Crippen molar-refractivity contribution in [2.24, 2.45) is 5.73 Å². The van der Waals surface area contributed by atoms with Gasteiger partial charge in [0.1, 0.15) is 5.82 Å². The first-order valence-corrected chi connectivity index (χ1v) is 8.64. The molecule has 0 radical (unpaired) electrons. The van der Waals surface area contributed by atoms with Gasteiger partial charge in [0, 0.05) is 11.3 Å². The van der Waals surface area contributed by atoms with E-state index < -0.39 is 5.54 Å². The standard InChI is InChI=1S/C18H18FN5O.ClH/c19-11-5-7-12(8-6-11)24-14-4-1-3-13(14)15(22-24)16-21-17(23-25-16)18(20)9-2-10-18;/h5-8H,1-4,9-10,20H2;1H. The lowest BCUT2D eigenvalue weighted by Crippen LogP contribution is -2.44. The molecular formula is C18H19ClFN5O. The summed E-state index contributed by atoms with van der Waals surface area (Å²) in [5.41, 5.74) is 9.66. The maximum absolute atomic E-state index is 13.2. The average Bonchev–Trinajstić information content (AvgIpc) is 3.29. The fourth-order valence-electron chi connectivity index (χ4n) is 3.71. The zero-order valence-corrected chi connectivity index (χ0v) is 14.9. The molecule has 1 aromatic carbocycles. The predicted octanol–water partition coefficient (Wildman–Crippen LogP) is 3.31. The van der Waals surface area contributed by atoms with Gasteiger partial charge in [0.15, 0.2) is 11.5 Å². The summed E-state index contributed by atoms with van der Waals surface area (Å²) in [6.07, 6.45) is 5.78. The van der Waals surface area contributed by atoms with E-state index in [0.29, 0.717) is 11.7 Å². The van der Waals surface area contributed by atoms with Gasteiger partial charge in [0.25, 0.3) is 5.89 Å². The van der Waals surface area contributed by atoms with Gasteiger partial charge in [-0.3, -0.25) is 0 Å². The number of hydrogen-bond donors (Lipinski definition) is 1. The molecule has 2 aromatic heterocycles. The van der Waals surface area contributed by atoms with Gasteiger partial charge in [0.05, 0.1) is 11.2 Å². The van der Waals surface area contributed by atoms with E-state index in [2.05, 4.69) is 10.1 Å². The molecule has 26 heavy (non-hydrogen) atoms. The van der Waals surface area contributed by atoms with Crippen LogP contribution in [0.25, 0.3) is 17.3 Å². The van der Waals surface area contributed by atoms with Gasteiger partial charge in [-0.15, -0.1) is 12.4 Å². The first-order valence-electron chi connectivity index (χ1n) is 8.64. The van der Waals surface area contributed by atoms with E-state index in [4.69, 9.17) is 15.4 Å². The van der Waals surface area contributed by atoms with E-state index in [1.165, 1.54) is 12.1 Å². The largest absolute Gasteiger partial charge is 0.332 e. The molecule has 0 unspecified atom stereocenters. The molecular weight excluding hydrogens is 357 g/mol. The van der Waals surface area contributed by atoms with Gasteiger partial charge in [-0.05, 0) is 62.8 Å². The van der Waals surface area contributed by atoms with Crippen LogP contribution in [0, 0.1) is 5.82 Å². The predicted molar refractivity (Wildman–Crippen MR) is 95.8 cm³/mol. The Bertz CT molecular complexity index is 945. The van der Waals surface area contributed by atoms with E-state index in [9.17, 15) is 4.39 Å². The van der Waals surface area contributed by atoms with Crippen LogP contribution in [0.1, 0.15) is 42.8 Å². The minimum absolute atomic E-state index is 0. The van der Waals surface area contributed by atoms with Gasteiger partial charge in [-0.25, -0.2) is 9.07 Å². The highest BCUT2D eigenvalue weighted by atomic mass is 35.5. The molecule has 0 amide bonds. The molecule has 0 saturated heterocycles. The summed E-state index contributed by atoms with van der Waals surface area (Å²) in [6, 6.07) is 6.34. The molecule has 1 saturated carbocycles. The van der Waals surface area contributed by atoms with E-state index in [0.717, 1.165) is 61.2 Å². The molecule has 5 rings (SSSR count). The van der Waals surface area contributed by atoms with Crippen molar-refractivity contribution >= 4 is 12.4 Å². The van der Waals surface area contributed by atoms with Crippen LogP contribution in [0.2, 0.25) is 0 Å². The Hall–Kier alpha value is -2.25. The van der Waals surface area contributed by atoms with Gasteiger partial charge < -0.3 is 10.3 Å². The van der Waals surface area contributed by atoms with Crippen LogP contribution in [-0.4, -0.2) is 19.9 Å². The Labute approximate surface area is 156 Å². The number of benzene rings is 1. The Morgan fingerprint density at radius 3 is 2.58 bits per heavy atom. The van der Waals surface area contributed by atoms with Gasteiger partial charge in [0.2, 0.25) is 0 Å². The maximum Gasteiger partial charge on any atom is 0.278 e. The van der Waals surface area contributed by atoms with E-state index in [1.807, 2.05) is 4.68 Å². The van der Waals surface area contributed by atoms with Crippen molar-refractivity contribution in [1.82, 2.24) is 19.9 Å². The van der Waals surface area contributed by atoms with Gasteiger partial charge in [-0.1, -0.05) is 5.16 Å². The zero-order valence-electron chi connectivity index (χ0n) is 14.1. The Kier molecular flexibility index (Phi) is 4.08. The molecule has 0 aliphatic heterocycles. The summed E-state index contributed by atoms with van der Waals surface area (Å²) in [7, 11) is 0. The van der Waals surface area contributed by atoms with Crippen LogP contribution in [0.4, 0.5) is 4.39 Å². The molecule has 2 aliphatic rings. The molecule has 2 N–H and O–H groups in total. The number of aromatic nitrogens is 4. The van der Waals surface area contributed by atoms with Crippen LogP contribution in [0.15, 0.2) is 28.8 Å². The summed E-state index contributed by atoms with van der Waals surface area (Å²) < 4.78 is 20.6. The minimum atomic E-state index is -0.454. The number of nitrogens with two attached hydrogens (primary N) is 1. The number of halogens is 2. The van der Waals surface area contributed by atoms with Crippen LogP contribution in [0.3, 0.4) is 0 Å². The third-order valence-corrected chi connectivity index (χ3v) is 5.32. The second-order valence-electron chi connectivity index (χ2n) is 6.95. The Morgan fingerprint density at radius 1 is 1.12 bits per heavy atom. The van der Waals surface area contributed by atoms with Crippen molar-refractivity contribution in [3.05, 3.63) is 47.2 Å². The number of hydrogen-bond acceptors (Lipinski definition) is 5. The topological polar surface area (TPSA) is 82.8 Å². The van der Waals surface area contributed by atoms with Crippen LogP contribution in [-0.2, 0) is 18.4 Å². The lowest BCUT2D eigenvalue weighted by atomic mass is 9.77. The van der Waals surface area contributed by atoms with Crippen LogP contribution >= 0.6 is 12.4 Å². The smallest absolute Gasteiger partial charge is 0.278 e. The third kappa shape index (κ3) is 2.54. The fourth-order valence-corrected chi connectivity index (χ4v) is 3.71. The van der Waals surface area contributed by atoms with Crippen LogP contribution < -0.4 is 5.73 Å². The molecule has 0 bridgehead atoms. The fraction of sp³-hybridized carbons (Fsp3) is 0.389. The molecule has 136 valence electrons. The normalized spacial score (nSPS) is 17.5. The maximum atomic E-state index is 13.2. The third-order valence-electron chi connectivity index (χ3n) is 5.32. The first kappa shape index (κ1) is 17.2. The molecule has 0 atom stereocenters. The monoisotopic (exact) mass is 375 g/mol. The summed E-state index contributed by atoms with van der Waals surface area (Å²) in [4.78, 5) is 4.53. The van der Waals surface area contributed by atoms with E-state index in [-0.39, 0.29) is 18.2 Å². The number of fused-ring (bicyclic) bond motifs is 1. The quantitative estimate of drug-likeness (QED) is 0.759. The van der Waals surface area contributed by atoms with Crippen molar-refractivity contribution < 1.29 is 8.91 Å². The Morgan fingerprint density at radius 2 is 1.88 bits per heavy atom. The van der Waals surface area contributed by atoms with E-state index >= 15 is 0 Å². The summed E-state index contributed by atoms with van der Waals surface area (Å²) in [5.74, 6) is 0.727. The van der Waals surface area contributed by atoms with E-state index in [1.54, 1.807) is 12.1 Å². The molecule has 1 fully saturated rings. The van der Waals surface area contributed by atoms with Crippen molar-refractivity contribution in [1.29, 1.82) is 0 Å². The highest BCUT2D eigenvalue weighted by Gasteiger charge is 2.39. The molecule has 8 heteroatoms. The van der Waals surface area contributed by atoms with Gasteiger partial charge in [-0.2, -0.15) is 10.1 Å². The zero-order chi connectivity index (χ0) is 17.0. The minimum Gasteiger partial charge on any atom is -0.332 e. The average molecular weight is 376 g/mol. The molecule has 2 heterocycles. The second-order valence-corrected chi connectivity index (χ2v) is 6.95. The van der Waals surface area contributed by atoms with Crippen molar-refractivity contribution in [2.45, 2.75) is 44.1 Å². The van der Waals surface area contributed by atoms with Crippen LogP contribution in [0.5, 0.6) is 0 Å². The highest BCUT2D eigenvalue weighted by molar-refractivity contribution is 5.85. The number of rotatable bonds is 3. The molecule has 3 aromatic rings. The lowest BCUT2D eigenvalue weighted by molar-refractivity contribution is 0.229. The summed E-state index contributed by atoms with van der Waals surface area (Å²) in [6.45, 7) is 0.